The minimum atomic E-state index is -4.69. The van der Waals surface area contributed by atoms with Gasteiger partial charge in [0.2, 0.25) is 5.91 Å². The summed E-state index contributed by atoms with van der Waals surface area (Å²) < 4.78 is 66.2. The Morgan fingerprint density at radius 3 is 2.10 bits per heavy atom. The zero-order valence-electron chi connectivity index (χ0n) is 22.2. The first-order chi connectivity index (χ1) is 18.1. The second-order valence-electron chi connectivity index (χ2n) is 10.4. The first-order valence-corrected chi connectivity index (χ1v) is 14.3. The Hall–Kier alpha value is -3.42. The van der Waals surface area contributed by atoms with Gasteiger partial charge >= 0.3 is 6.18 Å². The second-order valence-corrected chi connectivity index (χ2v) is 12.4. The fourth-order valence-corrected chi connectivity index (χ4v) is 4.99. The van der Waals surface area contributed by atoms with Gasteiger partial charge in [0.05, 0.1) is 28.5 Å². The summed E-state index contributed by atoms with van der Waals surface area (Å²) in [5.74, 6) is -0.699. The van der Waals surface area contributed by atoms with Crippen molar-refractivity contribution < 1.29 is 26.4 Å². The number of amides is 1. The maximum absolute atomic E-state index is 14.3. The zero-order valence-corrected chi connectivity index (χ0v) is 23.0. The quantitative estimate of drug-likeness (QED) is 0.423. The highest BCUT2D eigenvalue weighted by atomic mass is 32.2. The number of hydrogen-bond donors (Lipinski definition) is 2. The number of carbonyl (C=O) groups is 1. The van der Waals surface area contributed by atoms with Crippen LogP contribution in [-0.4, -0.2) is 38.8 Å². The van der Waals surface area contributed by atoms with Crippen molar-refractivity contribution in [3.8, 4) is 17.2 Å². The predicted molar refractivity (Wildman–Crippen MR) is 144 cm³/mol. The SMILES string of the molecule is CC(C)C[C@H](N[C@@H](c1ccc(-c2ccc(S(C)(=O)=O)cc2)cc1)C(F)(F)F)C(=O)NC1C=CC=CC1(C)C#N. The molecule has 4 atom stereocenters. The topological polar surface area (TPSA) is 99.1 Å². The molecule has 0 saturated carbocycles. The van der Waals surface area contributed by atoms with Crippen LogP contribution >= 0.6 is 0 Å². The summed E-state index contributed by atoms with van der Waals surface area (Å²) in [4.78, 5) is 13.4. The Kier molecular flexibility index (Phi) is 9.08. The van der Waals surface area contributed by atoms with E-state index >= 15 is 0 Å². The molecule has 1 amide bonds. The summed E-state index contributed by atoms with van der Waals surface area (Å²) in [7, 11) is -3.37. The number of nitriles is 1. The van der Waals surface area contributed by atoms with Gasteiger partial charge < -0.3 is 5.32 Å². The van der Waals surface area contributed by atoms with Crippen LogP contribution < -0.4 is 10.6 Å². The van der Waals surface area contributed by atoms with Gasteiger partial charge in [-0.1, -0.05) is 74.5 Å². The van der Waals surface area contributed by atoms with Crippen LogP contribution in [0.1, 0.15) is 38.8 Å². The molecule has 0 aromatic heterocycles. The van der Waals surface area contributed by atoms with Gasteiger partial charge in [0, 0.05) is 6.26 Å². The zero-order chi connectivity index (χ0) is 29.0. The molecule has 1 aliphatic rings. The van der Waals surface area contributed by atoms with Crippen molar-refractivity contribution in [2.75, 3.05) is 6.26 Å². The molecule has 0 fully saturated rings. The van der Waals surface area contributed by atoms with E-state index in [1.165, 1.54) is 36.4 Å². The molecule has 0 saturated heterocycles. The number of rotatable bonds is 9. The van der Waals surface area contributed by atoms with Crippen LogP contribution in [0.5, 0.6) is 0 Å². The molecule has 0 aliphatic heterocycles. The van der Waals surface area contributed by atoms with Crippen molar-refractivity contribution in [2.24, 2.45) is 11.3 Å². The van der Waals surface area contributed by atoms with Crippen molar-refractivity contribution in [3.63, 3.8) is 0 Å². The third kappa shape index (κ3) is 7.58. The van der Waals surface area contributed by atoms with E-state index in [1.54, 1.807) is 43.4 Å². The molecule has 208 valence electrons. The van der Waals surface area contributed by atoms with Crippen LogP contribution in [0.15, 0.2) is 77.7 Å². The molecule has 10 heteroatoms. The largest absolute Gasteiger partial charge is 0.407 e. The minimum Gasteiger partial charge on any atom is -0.347 e. The summed E-state index contributed by atoms with van der Waals surface area (Å²) in [5.41, 5.74) is 0.177. The highest BCUT2D eigenvalue weighted by molar-refractivity contribution is 7.90. The number of nitrogens with zero attached hydrogens (tertiary/aromatic N) is 1. The number of alkyl halides is 3. The first kappa shape index (κ1) is 30.1. The van der Waals surface area contributed by atoms with Gasteiger partial charge in [-0.05, 0) is 48.1 Å². The molecule has 0 bridgehead atoms. The molecule has 6 nitrogen and oxygen atoms in total. The van der Waals surface area contributed by atoms with Gasteiger partial charge in [0.25, 0.3) is 0 Å². The Morgan fingerprint density at radius 1 is 1.05 bits per heavy atom. The Balaban J connectivity index is 1.85. The van der Waals surface area contributed by atoms with Gasteiger partial charge in [0.1, 0.15) is 6.04 Å². The molecule has 0 heterocycles. The van der Waals surface area contributed by atoms with Gasteiger partial charge in [-0.25, -0.2) is 8.42 Å². The van der Waals surface area contributed by atoms with Gasteiger partial charge in [-0.15, -0.1) is 0 Å². The number of carbonyl (C=O) groups excluding carboxylic acids is 1. The van der Waals surface area contributed by atoms with Crippen LogP contribution in [0.2, 0.25) is 0 Å². The van der Waals surface area contributed by atoms with Crippen molar-refractivity contribution in [1.29, 1.82) is 5.26 Å². The van der Waals surface area contributed by atoms with Crippen molar-refractivity contribution in [2.45, 2.75) is 56.4 Å². The molecular weight excluding hydrogens is 527 g/mol. The van der Waals surface area contributed by atoms with E-state index in [4.69, 9.17) is 0 Å². The van der Waals surface area contributed by atoms with E-state index in [9.17, 15) is 31.6 Å². The molecule has 39 heavy (non-hydrogen) atoms. The lowest BCUT2D eigenvalue weighted by Gasteiger charge is -2.33. The summed E-state index contributed by atoms with van der Waals surface area (Å²) in [6.07, 6.45) is 3.23. The number of benzene rings is 2. The molecule has 0 spiro atoms. The summed E-state index contributed by atoms with van der Waals surface area (Å²) in [6.45, 7) is 5.28. The number of hydrogen-bond acceptors (Lipinski definition) is 5. The average Bonchev–Trinajstić information content (AvgIpc) is 2.86. The first-order valence-electron chi connectivity index (χ1n) is 12.4. The van der Waals surface area contributed by atoms with Crippen LogP contribution in [0.25, 0.3) is 11.1 Å². The third-order valence-electron chi connectivity index (χ3n) is 6.62. The van der Waals surface area contributed by atoms with Gasteiger partial charge in [-0.3, -0.25) is 10.1 Å². The minimum absolute atomic E-state index is 0.0667. The average molecular weight is 560 g/mol. The van der Waals surface area contributed by atoms with Crippen molar-refractivity contribution in [3.05, 3.63) is 78.4 Å². The number of nitrogens with one attached hydrogen (secondary N) is 2. The summed E-state index contributed by atoms with van der Waals surface area (Å²) in [5, 5.41) is 14.9. The maximum Gasteiger partial charge on any atom is 0.407 e. The van der Waals surface area contributed by atoms with Crippen molar-refractivity contribution in [1.82, 2.24) is 10.6 Å². The third-order valence-corrected chi connectivity index (χ3v) is 7.75. The molecule has 2 aromatic carbocycles. The lowest BCUT2D eigenvalue weighted by atomic mass is 9.80. The highest BCUT2D eigenvalue weighted by Gasteiger charge is 2.43. The van der Waals surface area contributed by atoms with Gasteiger partial charge in [-0.2, -0.15) is 18.4 Å². The van der Waals surface area contributed by atoms with E-state index in [0.717, 1.165) is 6.26 Å². The summed E-state index contributed by atoms with van der Waals surface area (Å²) >= 11 is 0. The van der Waals surface area contributed by atoms with E-state index in [2.05, 4.69) is 16.7 Å². The smallest absolute Gasteiger partial charge is 0.347 e. The van der Waals surface area contributed by atoms with E-state index in [0.29, 0.717) is 11.1 Å². The standard InChI is InChI=1S/C29H32F3N3O3S/c1-19(2)17-24(27(36)35-25-7-5-6-16-28(25,3)18-33)34-26(29(30,31)32)22-10-8-20(9-11-22)21-12-14-23(15-13-21)39(4,37)38/h5-16,19,24-26,34H,17H2,1-4H3,(H,35,36)/t24-,25?,26-,28?/m0/s1. The van der Waals surface area contributed by atoms with Crippen LogP contribution in [0.3, 0.4) is 0 Å². The fourth-order valence-electron chi connectivity index (χ4n) is 4.36. The van der Waals surface area contributed by atoms with Crippen LogP contribution in [0.4, 0.5) is 13.2 Å². The number of allylic oxidation sites excluding steroid dienone is 2. The van der Waals surface area contributed by atoms with E-state index < -0.39 is 45.5 Å². The van der Waals surface area contributed by atoms with Gasteiger partial charge in [0.15, 0.2) is 9.84 Å². The van der Waals surface area contributed by atoms with E-state index in [-0.39, 0.29) is 22.8 Å². The number of sulfone groups is 1. The lowest BCUT2D eigenvalue weighted by Crippen LogP contribution is -2.54. The summed E-state index contributed by atoms with van der Waals surface area (Å²) in [6, 6.07) is 10.0. The highest BCUT2D eigenvalue weighted by Crippen LogP contribution is 2.35. The Bertz CT molecular complexity index is 1380. The molecule has 2 unspecified atom stereocenters. The molecule has 0 radical (unpaired) electrons. The predicted octanol–water partition coefficient (Wildman–Crippen LogP) is 5.51. The lowest BCUT2D eigenvalue weighted by molar-refractivity contribution is -0.161. The normalized spacial score (nSPS) is 20.8. The molecular formula is C29H32F3N3O3S. The van der Waals surface area contributed by atoms with Crippen LogP contribution in [-0.2, 0) is 14.6 Å². The molecule has 2 N–H and O–H groups in total. The van der Waals surface area contributed by atoms with Crippen LogP contribution in [0, 0.1) is 22.7 Å². The van der Waals surface area contributed by atoms with E-state index in [1.807, 2.05) is 13.8 Å². The number of halogens is 3. The molecule has 2 aromatic rings. The maximum atomic E-state index is 14.3. The van der Waals surface area contributed by atoms with Crippen molar-refractivity contribution >= 4 is 15.7 Å². The Morgan fingerprint density at radius 2 is 1.62 bits per heavy atom. The monoisotopic (exact) mass is 559 g/mol. The fraction of sp³-hybridized carbons (Fsp3) is 0.379. The Labute approximate surface area is 227 Å². The molecule has 3 rings (SSSR count). The molecule has 1 aliphatic carbocycles. The second kappa shape index (κ2) is 11.8.